The number of hydrogen-bond acceptors (Lipinski definition) is 3. The molecule has 1 saturated carbocycles. The van der Waals surface area contributed by atoms with E-state index in [1.807, 2.05) is 54.6 Å². The molecule has 1 unspecified atom stereocenters. The van der Waals surface area contributed by atoms with Crippen LogP contribution in [-0.4, -0.2) is 17.9 Å². The molecule has 1 N–H and O–H groups in total. The van der Waals surface area contributed by atoms with E-state index < -0.39 is 12.1 Å². The largest absolute Gasteiger partial charge is 0.444 e. The fourth-order valence-corrected chi connectivity index (χ4v) is 2.98. The lowest BCUT2D eigenvalue weighted by Gasteiger charge is -2.18. The molecule has 4 heteroatoms. The number of amides is 1. The molecule has 0 aliphatic heterocycles. The maximum Gasteiger partial charge on any atom is 0.339 e. The molecule has 0 spiro atoms. The Labute approximate surface area is 151 Å². The van der Waals surface area contributed by atoms with Gasteiger partial charge in [0.15, 0.2) is 0 Å². The summed E-state index contributed by atoms with van der Waals surface area (Å²) in [7, 11) is 0. The van der Waals surface area contributed by atoms with Gasteiger partial charge in [0, 0.05) is 11.6 Å². The molecule has 3 aromatic carbocycles. The maximum absolute atomic E-state index is 12.8. The third-order valence-electron chi connectivity index (χ3n) is 4.50. The van der Waals surface area contributed by atoms with Crippen molar-refractivity contribution in [3.63, 3.8) is 0 Å². The highest BCUT2D eigenvalue weighted by molar-refractivity contribution is 6.05. The van der Waals surface area contributed by atoms with Gasteiger partial charge in [-0.3, -0.25) is 4.79 Å². The highest BCUT2D eigenvalue weighted by Gasteiger charge is 2.31. The SMILES string of the molecule is O=C(OC(C(=O)NC1CC1)c1ccccc1)c1cccc2ccccc12. The Balaban J connectivity index is 1.64. The smallest absolute Gasteiger partial charge is 0.339 e. The van der Waals surface area contributed by atoms with E-state index in [4.69, 9.17) is 4.74 Å². The minimum atomic E-state index is -0.955. The number of rotatable bonds is 5. The average Bonchev–Trinajstić information content (AvgIpc) is 3.50. The molecule has 0 heterocycles. The van der Waals surface area contributed by atoms with Gasteiger partial charge in [-0.1, -0.05) is 66.7 Å². The monoisotopic (exact) mass is 345 g/mol. The van der Waals surface area contributed by atoms with Crippen molar-refractivity contribution in [1.82, 2.24) is 5.32 Å². The van der Waals surface area contributed by atoms with E-state index in [9.17, 15) is 9.59 Å². The lowest BCUT2D eigenvalue weighted by molar-refractivity contribution is -0.130. The van der Waals surface area contributed by atoms with Gasteiger partial charge in [0.1, 0.15) is 0 Å². The van der Waals surface area contributed by atoms with Crippen molar-refractivity contribution in [2.24, 2.45) is 0 Å². The Bertz CT molecular complexity index is 943. The van der Waals surface area contributed by atoms with Crippen LogP contribution >= 0.6 is 0 Å². The number of fused-ring (bicyclic) bond motifs is 1. The Kier molecular flexibility index (Phi) is 4.40. The molecule has 4 rings (SSSR count). The van der Waals surface area contributed by atoms with E-state index in [0.29, 0.717) is 11.1 Å². The summed E-state index contributed by atoms with van der Waals surface area (Å²) < 4.78 is 5.67. The first kappa shape index (κ1) is 16.3. The van der Waals surface area contributed by atoms with Gasteiger partial charge in [0.05, 0.1) is 5.56 Å². The van der Waals surface area contributed by atoms with Crippen LogP contribution in [0.5, 0.6) is 0 Å². The van der Waals surface area contributed by atoms with Crippen LogP contribution in [0.2, 0.25) is 0 Å². The zero-order valence-electron chi connectivity index (χ0n) is 14.2. The lowest BCUT2D eigenvalue weighted by Crippen LogP contribution is -2.33. The van der Waals surface area contributed by atoms with Crippen molar-refractivity contribution < 1.29 is 14.3 Å². The third-order valence-corrected chi connectivity index (χ3v) is 4.50. The van der Waals surface area contributed by atoms with Crippen molar-refractivity contribution in [3.05, 3.63) is 83.9 Å². The van der Waals surface area contributed by atoms with Gasteiger partial charge < -0.3 is 10.1 Å². The summed E-state index contributed by atoms with van der Waals surface area (Å²) >= 11 is 0. The number of nitrogens with one attached hydrogen (secondary N) is 1. The van der Waals surface area contributed by atoms with Crippen LogP contribution in [-0.2, 0) is 9.53 Å². The minimum absolute atomic E-state index is 0.199. The second-order valence-electron chi connectivity index (χ2n) is 6.51. The van der Waals surface area contributed by atoms with Gasteiger partial charge in [-0.05, 0) is 29.7 Å². The van der Waals surface area contributed by atoms with Gasteiger partial charge in [-0.15, -0.1) is 0 Å². The molecule has 0 saturated heterocycles. The molecule has 0 aromatic heterocycles. The van der Waals surface area contributed by atoms with Gasteiger partial charge in [0.25, 0.3) is 5.91 Å². The third kappa shape index (κ3) is 3.45. The standard InChI is InChI=1S/C22H19NO3/c24-21(23-17-13-14-17)20(16-8-2-1-3-9-16)26-22(25)19-12-6-10-15-7-4-5-11-18(15)19/h1-12,17,20H,13-14H2,(H,23,24). The summed E-state index contributed by atoms with van der Waals surface area (Å²) in [5, 5.41) is 4.70. The van der Waals surface area contributed by atoms with E-state index in [0.717, 1.165) is 23.6 Å². The first-order chi connectivity index (χ1) is 12.7. The maximum atomic E-state index is 12.8. The number of ether oxygens (including phenoxy) is 1. The van der Waals surface area contributed by atoms with Crippen molar-refractivity contribution in [1.29, 1.82) is 0 Å². The Morgan fingerprint density at radius 1 is 0.885 bits per heavy atom. The molecular weight excluding hydrogens is 326 g/mol. The Hall–Kier alpha value is -3.14. The molecule has 1 amide bonds. The van der Waals surface area contributed by atoms with Crippen molar-refractivity contribution in [3.8, 4) is 0 Å². The predicted octanol–water partition coefficient (Wildman–Crippen LogP) is 4.02. The first-order valence-corrected chi connectivity index (χ1v) is 8.76. The van der Waals surface area contributed by atoms with E-state index in [1.54, 1.807) is 18.2 Å². The van der Waals surface area contributed by atoms with Crippen molar-refractivity contribution in [2.75, 3.05) is 0 Å². The van der Waals surface area contributed by atoms with Gasteiger partial charge >= 0.3 is 5.97 Å². The second-order valence-corrected chi connectivity index (χ2v) is 6.51. The number of esters is 1. The van der Waals surface area contributed by atoms with Gasteiger partial charge in [0.2, 0.25) is 6.10 Å². The average molecular weight is 345 g/mol. The summed E-state index contributed by atoms with van der Waals surface area (Å²) in [5.41, 5.74) is 1.13. The van der Waals surface area contributed by atoms with Crippen LogP contribution in [0, 0.1) is 0 Å². The van der Waals surface area contributed by atoms with E-state index >= 15 is 0 Å². The van der Waals surface area contributed by atoms with Gasteiger partial charge in [-0.2, -0.15) is 0 Å². The number of benzene rings is 3. The molecule has 1 atom stereocenters. The fraction of sp³-hybridized carbons (Fsp3) is 0.182. The summed E-state index contributed by atoms with van der Waals surface area (Å²) in [6.45, 7) is 0. The summed E-state index contributed by atoms with van der Waals surface area (Å²) in [6.07, 6.45) is 0.998. The Morgan fingerprint density at radius 3 is 2.35 bits per heavy atom. The van der Waals surface area contributed by atoms with E-state index in [1.165, 1.54) is 0 Å². The highest BCUT2D eigenvalue weighted by Crippen LogP contribution is 2.26. The molecule has 1 aliphatic carbocycles. The van der Waals surface area contributed by atoms with E-state index in [2.05, 4.69) is 5.32 Å². The molecule has 0 radical (unpaired) electrons. The molecule has 26 heavy (non-hydrogen) atoms. The van der Waals surface area contributed by atoms with E-state index in [-0.39, 0.29) is 11.9 Å². The van der Waals surface area contributed by atoms with Crippen LogP contribution in [0.1, 0.15) is 34.9 Å². The second kappa shape index (κ2) is 7.00. The zero-order chi connectivity index (χ0) is 17.9. The predicted molar refractivity (Wildman–Crippen MR) is 99.7 cm³/mol. The van der Waals surface area contributed by atoms with Gasteiger partial charge in [-0.25, -0.2) is 4.79 Å². The molecule has 1 aliphatic rings. The van der Waals surface area contributed by atoms with Crippen LogP contribution in [0.4, 0.5) is 0 Å². The molecule has 130 valence electrons. The molecule has 0 bridgehead atoms. The number of carbonyl (C=O) groups is 2. The Morgan fingerprint density at radius 2 is 1.58 bits per heavy atom. The molecule has 4 nitrogen and oxygen atoms in total. The zero-order valence-corrected chi connectivity index (χ0v) is 14.2. The topological polar surface area (TPSA) is 55.4 Å². The number of carbonyl (C=O) groups excluding carboxylic acids is 2. The van der Waals surface area contributed by atoms with Crippen LogP contribution in [0.3, 0.4) is 0 Å². The summed E-state index contributed by atoms with van der Waals surface area (Å²) in [6, 6.07) is 22.5. The quantitative estimate of drug-likeness (QED) is 0.711. The number of hydrogen-bond donors (Lipinski definition) is 1. The fourth-order valence-electron chi connectivity index (χ4n) is 2.98. The normalized spacial score (nSPS) is 14.6. The van der Waals surface area contributed by atoms with Crippen molar-refractivity contribution in [2.45, 2.75) is 25.0 Å². The summed E-state index contributed by atoms with van der Waals surface area (Å²) in [5.74, 6) is -0.770. The van der Waals surface area contributed by atoms with Crippen LogP contribution in [0.25, 0.3) is 10.8 Å². The molecular formula is C22H19NO3. The van der Waals surface area contributed by atoms with Crippen LogP contribution < -0.4 is 5.32 Å². The minimum Gasteiger partial charge on any atom is -0.444 e. The van der Waals surface area contributed by atoms with Crippen molar-refractivity contribution >= 4 is 22.6 Å². The lowest BCUT2D eigenvalue weighted by atomic mass is 10.0. The highest BCUT2D eigenvalue weighted by atomic mass is 16.5. The molecule has 3 aromatic rings. The first-order valence-electron chi connectivity index (χ1n) is 8.76. The molecule has 1 fully saturated rings. The van der Waals surface area contributed by atoms with Crippen LogP contribution in [0.15, 0.2) is 72.8 Å². The summed E-state index contributed by atoms with van der Waals surface area (Å²) in [4.78, 5) is 25.5.